The van der Waals surface area contributed by atoms with E-state index in [2.05, 4.69) is 25.8 Å². The molecule has 20 heavy (non-hydrogen) atoms. The van der Waals surface area contributed by atoms with Crippen molar-refractivity contribution in [1.82, 2.24) is 20.5 Å². The van der Waals surface area contributed by atoms with E-state index in [0.29, 0.717) is 18.1 Å². The van der Waals surface area contributed by atoms with Crippen LogP contribution in [0.1, 0.15) is 27.3 Å². The molecule has 1 aliphatic heterocycles. The smallest absolute Gasteiger partial charge is 0.277 e. The lowest BCUT2D eigenvalue weighted by molar-refractivity contribution is 0.102. The highest BCUT2D eigenvalue weighted by atomic mass is 35.5. The summed E-state index contributed by atoms with van der Waals surface area (Å²) in [4.78, 5) is 16.4. The number of carbonyl (C=O) groups is 1. The quantitative estimate of drug-likeness (QED) is 0.782. The molecule has 3 N–H and O–H groups in total. The lowest BCUT2D eigenvalue weighted by Crippen LogP contribution is -2.25. The van der Waals surface area contributed by atoms with Crippen molar-refractivity contribution in [3.05, 3.63) is 40.8 Å². The fourth-order valence-corrected chi connectivity index (χ4v) is 2.20. The minimum Gasteiger partial charge on any atom is -0.312 e. The van der Waals surface area contributed by atoms with Gasteiger partial charge in [0.1, 0.15) is 5.82 Å². The van der Waals surface area contributed by atoms with Crippen LogP contribution in [0.4, 0.5) is 5.82 Å². The lowest BCUT2D eigenvalue weighted by atomic mass is 10.1. The van der Waals surface area contributed by atoms with Crippen molar-refractivity contribution in [2.75, 3.05) is 11.9 Å². The minimum absolute atomic E-state index is 0. The zero-order chi connectivity index (χ0) is 13.2. The van der Waals surface area contributed by atoms with Gasteiger partial charge < -0.3 is 10.6 Å². The molecule has 0 aromatic carbocycles. The van der Waals surface area contributed by atoms with E-state index in [4.69, 9.17) is 0 Å². The van der Waals surface area contributed by atoms with Crippen molar-refractivity contribution in [3.8, 4) is 0 Å². The highest BCUT2D eigenvalue weighted by Gasteiger charge is 2.21. The van der Waals surface area contributed by atoms with Crippen LogP contribution in [0.2, 0.25) is 0 Å². The molecular formula is C13H16ClN5O. The molecule has 3 heterocycles. The van der Waals surface area contributed by atoms with Crippen LogP contribution in [-0.4, -0.2) is 27.6 Å². The average molecular weight is 294 g/mol. The molecule has 3 rings (SSSR count). The van der Waals surface area contributed by atoms with E-state index < -0.39 is 0 Å². The van der Waals surface area contributed by atoms with Crippen molar-refractivity contribution in [3.63, 3.8) is 0 Å². The number of aromatic amines is 1. The first-order valence-corrected chi connectivity index (χ1v) is 6.25. The molecule has 0 aliphatic carbocycles. The summed E-state index contributed by atoms with van der Waals surface area (Å²) < 4.78 is 0. The highest BCUT2D eigenvalue weighted by molar-refractivity contribution is 6.03. The van der Waals surface area contributed by atoms with Crippen LogP contribution >= 0.6 is 12.4 Å². The van der Waals surface area contributed by atoms with Crippen LogP contribution in [0, 0.1) is 6.92 Å². The molecule has 2 aromatic rings. The molecule has 1 amide bonds. The molecule has 2 aromatic heterocycles. The number of carbonyl (C=O) groups excluding carboxylic acids is 1. The van der Waals surface area contributed by atoms with E-state index >= 15 is 0 Å². The van der Waals surface area contributed by atoms with Crippen molar-refractivity contribution < 1.29 is 4.79 Å². The normalized spacial score (nSPS) is 13.2. The van der Waals surface area contributed by atoms with Crippen LogP contribution < -0.4 is 10.6 Å². The maximum Gasteiger partial charge on any atom is 0.277 e. The average Bonchev–Trinajstić information content (AvgIpc) is 2.85. The van der Waals surface area contributed by atoms with Gasteiger partial charge in [-0.3, -0.25) is 9.89 Å². The fraction of sp³-hybridized carbons (Fsp3) is 0.308. The summed E-state index contributed by atoms with van der Waals surface area (Å²) in [5.74, 6) is 0.357. The Bertz CT molecular complexity index is 625. The van der Waals surface area contributed by atoms with Crippen molar-refractivity contribution in [2.45, 2.75) is 19.9 Å². The third-order valence-electron chi connectivity index (χ3n) is 3.26. The number of nitrogens with zero attached hydrogens (tertiary/aromatic N) is 2. The SMILES string of the molecule is Cc1cccnc1NC(=O)c1n[nH]c2c1CNCC2.Cl. The predicted octanol–water partition coefficient (Wildman–Crippen LogP) is 1.43. The number of rotatable bonds is 2. The number of nitrogens with one attached hydrogen (secondary N) is 3. The summed E-state index contributed by atoms with van der Waals surface area (Å²) in [5, 5.41) is 13.1. The number of anilines is 1. The van der Waals surface area contributed by atoms with Crippen LogP contribution in [0.15, 0.2) is 18.3 Å². The lowest BCUT2D eigenvalue weighted by Gasteiger charge is -2.13. The van der Waals surface area contributed by atoms with Gasteiger partial charge in [0.2, 0.25) is 0 Å². The third-order valence-corrected chi connectivity index (χ3v) is 3.26. The van der Waals surface area contributed by atoms with Gasteiger partial charge in [-0.25, -0.2) is 4.98 Å². The van der Waals surface area contributed by atoms with Gasteiger partial charge >= 0.3 is 0 Å². The second-order valence-electron chi connectivity index (χ2n) is 4.58. The fourth-order valence-electron chi connectivity index (χ4n) is 2.20. The topological polar surface area (TPSA) is 82.7 Å². The van der Waals surface area contributed by atoms with E-state index in [1.54, 1.807) is 6.20 Å². The Morgan fingerprint density at radius 3 is 3.10 bits per heavy atom. The Labute approximate surface area is 122 Å². The number of aromatic nitrogens is 3. The predicted molar refractivity (Wildman–Crippen MR) is 78.2 cm³/mol. The number of hydrogen-bond acceptors (Lipinski definition) is 4. The van der Waals surface area contributed by atoms with Gasteiger partial charge in [-0.2, -0.15) is 5.10 Å². The standard InChI is InChI=1S/C13H15N5O.ClH/c1-8-3-2-5-15-12(8)16-13(19)11-9-7-14-6-4-10(9)17-18-11;/h2-3,5,14H,4,6-7H2,1H3,(H,17,18)(H,15,16,19);1H. The molecule has 7 heteroatoms. The Hall–Kier alpha value is -1.92. The van der Waals surface area contributed by atoms with Gasteiger partial charge in [-0.1, -0.05) is 6.07 Å². The number of pyridine rings is 1. The summed E-state index contributed by atoms with van der Waals surface area (Å²) in [5.41, 5.74) is 3.38. The zero-order valence-corrected chi connectivity index (χ0v) is 11.9. The Morgan fingerprint density at radius 1 is 1.45 bits per heavy atom. The molecule has 6 nitrogen and oxygen atoms in total. The first-order chi connectivity index (χ1) is 9.25. The summed E-state index contributed by atoms with van der Waals surface area (Å²) in [6.07, 6.45) is 2.53. The maximum absolute atomic E-state index is 12.2. The Balaban J connectivity index is 0.00000147. The van der Waals surface area contributed by atoms with Crippen LogP contribution in [0.5, 0.6) is 0 Å². The van der Waals surface area contributed by atoms with E-state index in [0.717, 1.165) is 29.8 Å². The molecule has 0 spiro atoms. The third kappa shape index (κ3) is 2.66. The Morgan fingerprint density at radius 2 is 2.30 bits per heavy atom. The van der Waals surface area contributed by atoms with Gasteiger partial charge in [0.25, 0.3) is 5.91 Å². The highest BCUT2D eigenvalue weighted by Crippen LogP contribution is 2.17. The summed E-state index contributed by atoms with van der Waals surface area (Å²) in [6.45, 7) is 3.50. The summed E-state index contributed by atoms with van der Waals surface area (Å²) in [7, 11) is 0. The van der Waals surface area contributed by atoms with Crippen LogP contribution in [-0.2, 0) is 13.0 Å². The van der Waals surface area contributed by atoms with E-state index in [1.807, 2.05) is 19.1 Å². The minimum atomic E-state index is -0.219. The van der Waals surface area contributed by atoms with Crippen LogP contribution in [0.3, 0.4) is 0 Å². The molecule has 0 bridgehead atoms. The summed E-state index contributed by atoms with van der Waals surface area (Å²) >= 11 is 0. The molecule has 0 saturated carbocycles. The largest absolute Gasteiger partial charge is 0.312 e. The zero-order valence-electron chi connectivity index (χ0n) is 11.1. The van der Waals surface area contributed by atoms with Gasteiger partial charge in [-0.05, 0) is 18.6 Å². The monoisotopic (exact) mass is 293 g/mol. The first kappa shape index (κ1) is 14.5. The van der Waals surface area contributed by atoms with Crippen molar-refractivity contribution >= 4 is 24.1 Å². The van der Waals surface area contributed by atoms with E-state index in [1.165, 1.54) is 0 Å². The van der Waals surface area contributed by atoms with Crippen molar-refractivity contribution in [2.24, 2.45) is 0 Å². The number of hydrogen-bond donors (Lipinski definition) is 3. The number of amides is 1. The second kappa shape index (κ2) is 6.02. The van der Waals surface area contributed by atoms with Gasteiger partial charge in [0, 0.05) is 37.0 Å². The Kier molecular flexibility index (Phi) is 4.36. The molecule has 0 unspecified atom stereocenters. The molecule has 0 fully saturated rings. The number of aryl methyl sites for hydroxylation is 1. The van der Waals surface area contributed by atoms with E-state index in [-0.39, 0.29) is 18.3 Å². The second-order valence-corrected chi connectivity index (χ2v) is 4.58. The number of fused-ring (bicyclic) bond motifs is 1. The number of halogens is 1. The molecular weight excluding hydrogens is 278 g/mol. The van der Waals surface area contributed by atoms with Crippen molar-refractivity contribution in [1.29, 1.82) is 0 Å². The molecule has 106 valence electrons. The molecule has 1 aliphatic rings. The molecule has 0 atom stereocenters. The van der Waals surface area contributed by atoms with Crippen LogP contribution in [0.25, 0.3) is 0 Å². The maximum atomic E-state index is 12.2. The van der Waals surface area contributed by atoms with Gasteiger partial charge in [0.15, 0.2) is 5.69 Å². The first-order valence-electron chi connectivity index (χ1n) is 6.25. The van der Waals surface area contributed by atoms with Gasteiger partial charge in [-0.15, -0.1) is 12.4 Å². The van der Waals surface area contributed by atoms with Gasteiger partial charge in [0.05, 0.1) is 0 Å². The number of H-pyrrole nitrogens is 1. The molecule has 0 radical (unpaired) electrons. The summed E-state index contributed by atoms with van der Waals surface area (Å²) in [6, 6.07) is 3.75. The molecule has 0 saturated heterocycles. The van der Waals surface area contributed by atoms with E-state index in [9.17, 15) is 4.79 Å².